The summed E-state index contributed by atoms with van der Waals surface area (Å²) in [7, 11) is 0. The Kier molecular flexibility index (Phi) is 8.68. The van der Waals surface area contributed by atoms with Gasteiger partial charge in [0.2, 0.25) is 0 Å². The van der Waals surface area contributed by atoms with Crippen molar-refractivity contribution in [2.24, 2.45) is 0 Å². The average molecular weight is 809 g/mol. The lowest BCUT2D eigenvalue weighted by atomic mass is 9.93. The van der Waals surface area contributed by atoms with Crippen molar-refractivity contribution >= 4 is 53.4 Å². The molecule has 0 bridgehead atoms. The highest BCUT2D eigenvalue weighted by Crippen LogP contribution is 2.46. The summed E-state index contributed by atoms with van der Waals surface area (Å²) in [6.45, 7) is 0. The number of thiophene rings is 1. The molecule has 0 unspecified atom stereocenters. The minimum Gasteiger partial charge on any atom is -0.455 e. The van der Waals surface area contributed by atoms with Gasteiger partial charge in [-0.1, -0.05) is 176 Å². The highest BCUT2D eigenvalue weighted by molar-refractivity contribution is 7.26. The van der Waals surface area contributed by atoms with Gasteiger partial charge in [-0.05, 0) is 75.8 Å². The minimum atomic E-state index is 0.667. The topological polar surface area (TPSA) is 38.9 Å². The number of aromatic nitrogens is 2. The number of para-hydroxylation sites is 1. The molecule has 9 aromatic carbocycles. The van der Waals surface area contributed by atoms with Gasteiger partial charge in [-0.2, -0.15) is 0 Å². The Hall–Kier alpha value is -7.92. The van der Waals surface area contributed by atoms with Crippen molar-refractivity contribution in [2.75, 3.05) is 0 Å². The fraction of sp³-hybridized carbons (Fsp3) is 0. The molecule has 0 aliphatic carbocycles. The van der Waals surface area contributed by atoms with E-state index in [0.29, 0.717) is 5.82 Å². The number of hydrogen-bond donors (Lipinski definition) is 0. The molecule has 3 nitrogen and oxygen atoms in total. The van der Waals surface area contributed by atoms with E-state index in [1.54, 1.807) is 0 Å². The molecule has 0 aliphatic heterocycles. The van der Waals surface area contributed by atoms with Crippen LogP contribution in [-0.2, 0) is 0 Å². The van der Waals surface area contributed by atoms with Crippen molar-refractivity contribution in [1.29, 1.82) is 0 Å². The van der Waals surface area contributed by atoms with Gasteiger partial charge in [0.15, 0.2) is 5.82 Å². The predicted octanol–water partition coefficient (Wildman–Crippen LogP) is 16.4. The molecular formula is C58H36N2OS. The van der Waals surface area contributed by atoms with Crippen LogP contribution in [0.3, 0.4) is 0 Å². The molecule has 0 amide bonds. The monoisotopic (exact) mass is 808 g/mol. The average Bonchev–Trinajstić information content (AvgIpc) is 3.94. The number of benzene rings is 9. The minimum absolute atomic E-state index is 0.667. The first-order valence-corrected chi connectivity index (χ1v) is 21.7. The molecule has 0 radical (unpaired) electrons. The molecule has 0 saturated heterocycles. The first kappa shape index (κ1) is 36.0. The van der Waals surface area contributed by atoms with E-state index in [-0.39, 0.29) is 0 Å². The van der Waals surface area contributed by atoms with Crippen LogP contribution in [0, 0.1) is 0 Å². The summed E-state index contributed by atoms with van der Waals surface area (Å²) in [5.74, 6) is 0.667. The van der Waals surface area contributed by atoms with E-state index >= 15 is 0 Å². The van der Waals surface area contributed by atoms with Crippen LogP contribution in [0.15, 0.2) is 223 Å². The molecule has 0 saturated carbocycles. The van der Waals surface area contributed by atoms with E-state index in [1.165, 1.54) is 31.3 Å². The Morgan fingerprint density at radius 2 is 0.887 bits per heavy atom. The third-order valence-electron chi connectivity index (χ3n) is 11.9. The van der Waals surface area contributed by atoms with Crippen LogP contribution in [-0.4, -0.2) is 9.97 Å². The number of hydrogen-bond acceptors (Lipinski definition) is 4. The number of furan rings is 1. The second-order valence-electron chi connectivity index (χ2n) is 15.7. The smallest absolute Gasteiger partial charge is 0.160 e. The van der Waals surface area contributed by atoms with E-state index in [2.05, 4.69) is 206 Å². The maximum atomic E-state index is 6.78. The Labute approximate surface area is 362 Å². The fourth-order valence-electron chi connectivity index (χ4n) is 8.89. The van der Waals surface area contributed by atoms with Gasteiger partial charge in [-0.3, -0.25) is 0 Å². The van der Waals surface area contributed by atoms with Gasteiger partial charge in [0.05, 0.1) is 11.4 Å². The van der Waals surface area contributed by atoms with E-state index in [9.17, 15) is 0 Å². The molecule has 12 rings (SSSR count). The molecule has 290 valence electrons. The van der Waals surface area contributed by atoms with Gasteiger partial charge in [0.1, 0.15) is 11.2 Å². The number of fused-ring (bicyclic) bond motifs is 6. The molecule has 4 heteroatoms. The Morgan fingerprint density at radius 3 is 1.60 bits per heavy atom. The molecule has 0 fully saturated rings. The quantitative estimate of drug-likeness (QED) is 0.161. The standard InChI is InChI=1S/C58H36N2OS/c1-4-15-37(16-5-1)42-33-43(38-17-6-2-7-18-38)35-44(34-42)52-36-51(40-19-8-3-9-20-40)59-58(60-52)41-29-27-39(28-30-41)45-31-32-47(55-50-22-10-12-25-53(50)61-56(45)55)49-24-14-23-48-46-21-11-13-26-54(46)62-57(48)49/h1-36H. The largest absolute Gasteiger partial charge is 0.455 e. The number of nitrogens with zero attached hydrogens (tertiary/aromatic N) is 2. The predicted molar refractivity (Wildman–Crippen MR) is 260 cm³/mol. The van der Waals surface area contributed by atoms with E-state index in [0.717, 1.165) is 83.4 Å². The molecule has 3 aromatic heterocycles. The first-order chi connectivity index (χ1) is 30.7. The van der Waals surface area contributed by atoms with Gasteiger partial charge in [0.25, 0.3) is 0 Å². The Bertz CT molecular complexity index is 3550. The van der Waals surface area contributed by atoms with Gasteiger partial charge >= 0.3 is 0 Å². The van der Waals surface area contributed by atoms with Crippen molar-refractivity contribution in [1.82, 2.24) is 9.97 Å². The third-order valence-corrected chi connectivity index (χ3v) is 13.1. The lowest BCUT2D eigenvalue weighted by molar-refractivity contribution is 0.670. The van der Waals surface area contributed by atoms with E-state index in [1.807, 2.05) is 23.5 Å². The van der Waals surface area contributed by atoms with Gasteiger partial charge < -0.3 is 4.42 Å². The van der Waals surface area contributed by atoms with Crippen molar-refractivity contribution in [3.8, 4) is 78.4 Å². The normalized spacial score (nSPS) is 11.5. The maximum absolute atomic E-state index is 6.78. The SMILES string of the molecule is c1ccc(-c2cc(-c3ccccc3)cc(-c3cc(-c4ccccc4)nc(-c4ccc(-c5ccc(-c6cccc7c6sc6ccccc67)c6c5oc5ccccc56)cc4)n3)c2)cc1. The Balaban J connectivity index is 0.991. The van der Waals surface area contributed by atoms with Crippen LogP contribution >= 0.6 is 11.3 Å². The van der Waals surface area contributed by atoms with Crippen LogP contribution in [0.5, 0.6) is 0 Å². The summed E-state index contributed by atoms with van der Waals surface area (Å²) in [5, 5.41) is 4.82. The van der Waals surface area contributed by atoms with E-state index in [4.69, 9.17) is 14.4 Å². The first-order valence-electron chi connectivity index (χ1n) is 20.9. The lowest BCUT2D eigenvalue weighted by Gasteiger charge is -2.13. The maximum Gasteiger partial charge on any atom is 0.160 e. The van der Waals surface area contributed by atoms with Crippen LogP contribution < -0.4 is 0 Å². The second kappa shape index (κ2) is 15.0. The summed E-state index contributed by atoms with van der Waals surface area (Å²) < 4.78 is 9.36. The van der Waals surface area contributed by atoms with Crippen LogP contribution in [0.4, 0.5) is 0 Å². The molecule has 3 heterocycles. The highest BCUT2D eigenvalue weighted by atomic mass is 32.1. The van der Waals surface area contributed by atoms with Gasteiger partial charge in [-0.15, -0.1) is 11.3 Å². The highest BCUT2D eigenvalue weighted by Gasteiger charge is 2.20. The third kappa shape index (κ3) is 6.28. The summed E-state index contributed by atoms with van der Waals surface area (Å²) in [6, 6.07) is 77.2. The van der Waals surface area contributed by atoms with Crippen molar-refractivity contribution < 1.29 is 4.42 Å². The van der Waals surface area contributed by atoms with Crippen LogP contribution in [0.2, 0.25) is 0 Å². The van der Waals surface area contributed by atoms with Crippen molar-refractivity contribution in [3.63, 3.8) is 0 Å². The fourth-order valence-corrected chi connectivity index (χ4v) is 10.1. The zero-order valence-corrected chi connectivity index (χ0v) is 34.3. The zero-order valence-electron chi connectivity index (χ0n) is 33.5. The number of rotatable bonds is 7. The van der Waals surface area contributed by atoms with E-state index < -0.39 is 0 Å². The molecule has 0 spiro atoms. The molecule has 62 heavy (non-hydrogen) atoms. The molecule has 0 atom stereocenters. The molecule has 12 aromatic rings. The summed E-state index contributed by atoms with van der Waals surface area (Å²) in [4.78, 5) is 10.5. The van der Waals surface area contributed by atoms with Crippen LogP contribution in [0.1, 0.15) is 0 Å². The molecule has 0 N–H and O–H groups in total. The Morgan fingerprint density at radius 1 is 0.339 bits per heavy atom. The van der Waals surface area contributed by atoms with Crippen LogP contribution in [0.25, 0.3) is 121 Å². The van der Waals surface area contributed by atoms with Gasteiger partial charge in [-0.25, -0.2) is 9.97 Å². The molecule has 0 aliphatic rings. The van der Waals surface area contributed by atoms with Crippen molar-refractivity contribution in [3.05, 3.63) is 218 Å². The summed E-state index contributed by atoms with van der Waals surface area (Å²) in [6.07, 6.45) is 0. The van der Waals surface area contributed by atoms with Crippen molar-refractivity contribution in [2.45, 2.75) is 0 Å². The zero-order chi connectivity index (χ0) is 41.0. The molecular weight excluding hydrogens is 773 g/mol. The summed E-state index contributed by atoms with van der Waals surface area (Å²) >= 11 is 1.86. The second-order valence-corrected chi connectivity index (χ2v) is 16.7. The van der Waals surface area contributed by atoms with Gasteiger partial charge in [0, 0.05) is 58.8 Å². The summed E-state index contributed by atoms with van der Waals surface area (Å²) in [5.41, 5.74) is 15.6. The lowest BCUT2D eigenvalue weighted by Crippen LogP contribution is -1.96.